The number of rotatable bonds is 4. The summed E-state index contributed by atoms with van der Waals surface area (Å²) in [4.78, 5) is 4.22. The third-order valence-corrected chi connectivity index (χ3v) is 3.42. The van der Waals surface area contributed by atoms with Gasteiger partial charge >= 0.3 is 0 Å². The standard InChI is InChI=1S/C14H20N2O4/c17-8-10-11(18)12(19)13(20)14(16-10)15-7-6-9-4-2-1-3-5-9/h1-5,10-13,17-20H,6-8H2,(H,15,16)/t10-,11-,12+,13-/m1/s1. The lowest BCUT2D eigenvalue weighted by Crippen LogP contribution is -2.64. The van der Waals surface area contributed by atoms with Crippen LogP contribution in [0.1, 0.15) is 5.56 Å². The Hall–Kier alpha value is -1.47. The first-order valence-corrected chi connectivity index (χ1v) is 6.63. The molecule has 1 aromatic rings. The molecule has 5 N–H and O–H groups in total. The lowest BCUT2D eigenvalue weighted by Gasteiger charge is -2.36. The van der Waals surface area contributed by atoms with Crippen molar-refractivity contribution in [1.82, 2.24) is 5.32 Å². The molecule has 0 bridgehead atoms. The van der Waals surface area contributed by atoms with E-state index in [0.29, 0.717) is 13.0 Å². The van der Waals surface area contributed by atoms with Crippen LogP contribution in [0.15, 0.2) is 35.3 Å². The van der Waals surface area contributed by atoms with Crippen LogP contribution in [0.4, 0.5) is 0 Å². The van der Waals surface area contributed by atoms with E-state index in [-0.39, 0.29) is 12.4 Å². The Balaban J connectivity index is 1.98. The minimum Gasteiger partial charge on any atom is -0.394 e. The molecule has 0 spiro atoms. The van der Waals surface area contributed by atoms with Crippen LogP contribution in [-0.2, 0) is 6.42 Å². The second-order valence-electron chi connectivity index (χ2n) is 4.86. The fourth-order valence-corrected chi connectivity index (χ4v) is 2.19. The highest BCUT2D eigenvalue weighted by Gasteiger charge is 2.39. The summed E-state index contributed by atoms with van der Waals surface area (Å²) >= 11 is 0. The Morgan fingerprint density at radius 2 is 1.75 bits per heavy atom. The van der Waals surface area contributed by atoms with E-state index in [1.54, 1.807) is 0 Å². The molecule has 4 atom stereocenters. The maximum Gasteiger partial charge on any atom is 0.139 e. The highest BCUT2D eigenvalue weighted by molar-refractivity contribution is 5.88. The summed E-state index contributed by atoms with van der Waals surface area (Å²) in [7, 11) is 0. The number of hydrogen-bond acceptors (Lipinski definition) is 5. The summed E-state index contributed by atoms with van der Waals surface area (Å²) in [6.07, 6.45) is -3.11. The molecule has 1 saturated heterocycles. The van der Waals surface area contributed by atoms with E-state index < -0.39 is 24.4 Å². The molecule has 1 aliphatic heterocycles. The van der Waals surface area contributed by atoms with Gasteiger partial charge in [-0.1, -0.05) is 30.3 Å². The fraction of sp³-hybridized carbons (Fsp3) is 0.500. The zero-order chi connectivity index (χ0) is 14.5. The molecule has 0 amide bonds. The first-order chi connectivity index (χ1) is 9.63. The Bertz CT molecular complexity index is 450. The monoisotopic (exact) mass is 280 g/mol. The number of nitrogens with zero attached hydrogens (tertiary/aromatic N) is 1. The molecule has 0 aromatic heterocycles. The molecule has 1 fully saturated rings. The van der Waals surface area contributed by atoms with Gasteiger partial charge in [0.05, 0.1) is 12.6 Å². The van der Waals surface area contributed by atoms with Gasteiger partial charge in [0.1, 0.15) is 24.1 Å². The van der Waals surface area contributed by atoms with Crippen LogP contribution in [0.25, 0.3) is 0 Å². The third kappa shape index (κ3) is 3.34. The minimum absolute atomic E-state index is 0.206. The van der Waals surface area contributed by atoms with E-state index >= 15 is 0 Å². The van der Waals surface area contributed by atoms with Crippen molar-refractivity contribution in [2.24, 2.45) is 4.99 Å². The Kier molecular flexibility index (Phi) is 5.08. The van der Waals surface area contributed by atoms with Gasteiger partial charge in [-0.2, -0.15) is 0 Å². The zero-order valence-corrected chi connectivity index (χ0v) is 11.1. The van der Waals surface area contributed by atoms with Gasteiger partial charge in [-0.25, -0.2) is 0 Å². The minimum atomic E-state index is -1.34. The molecule has 0 radical (unpaired) electrons. The Morgan fingerprint density at radius 3 is 2.40 bits per heavy atom. The van der Waals surface area contributed by atoms with Crippen LogP contribution < -0.4 is 5.32 Å². The fourth-order valence-electron chi connectivity index (χ4n) is 2.19. The van der Waals surface area contributed by atoms with Crippen LogP contribution in [0.2, 0.25) is 0 Å². The molecule has 1 aromatic carbocycles. The average molecular weight is 280 g/mol. The normalized spacial score (nSPS) is 32.1. The number of aliphatic hydroxyl groups excluding tert-OH is 4. The molecule has 1 heterocycles. The summed E-state index contributed by atoms with van der Waals surface area (Å²) in [5, 5.41) is 41.1. The van der Waals surface area contributed by atoms with E-state index in [2.05, 4.69) is 10.3 Å². The van der Waals surface area contributed by atoms with E-state index in [9.17, 15) is 15.3 Å². The predicted octanol–water partition coefficient (Wildman–Crippen LogP) is -1.33. The van der Waals surface area contributed by atoms with Crippen molar-refractivity contribution >= 4 is 5.84 Å². The first kappa shape index (κ1) is 14.9. The molecule has 0 aliphatic carbocycles. The van der Waals surface area contributed by atoms with Crippen molar-refractivity contribution in [3.63, 3.8) is 0 Å². The highest BCUT2D eigenvalue weighted by Crippen LogP contribution is 2.12. The van der Waals surface area contributed by atoms with E-state index in [1.807, 2.05) is 30.3 Å². The van der Waals surface area contributed by atoms with Crippen LogP contribution in [-0.4, -0.2) is 63.8 Å². The van der Waals surface area contributed by atoms with Crippen LogP contribution in [0.3, 0.4) is 0 Å². The topological polar surface area (TPSA) is 105 Å². The molecule has 2 rings (SSSR count). The van der Waals surface area contributed by atoms with E-state index in [0.717, 1.165) is 5.56 Å². The summed E-state index contributed by atoms with van der Waals surface area (Å²) in [5.41, 5.74) is 1.13. The molecule has 6 heteroatoms. The van der Waals surface area contributed by atoms with Gasteiger partial charge in [0, 0.05) is 6.54 Å². The van der Waals surface area contributed by atoms with Gasteiger partial charge in [-0.05, 0) is 12.0 Å². The molecule has 6 nitrogen and oxygen atoms in total. The molecule has 1 aliphatic rings. The number of hydrogen-bond donors (Lipinski definition) is 5. The number of benzene rings is 1. The molecular weight excluding hydrogens is 260 g/mol. The highest BCUT2D eigenvalue weighted by atomic mass is 16.4. The van der Waals surface area contributed by atoms with Crippen molar-refractivity contribution in [1.29, 1.82) is 0 Å². The molecule has 20 heavy (non-hydrogen) atoms. The molecule has 110 valence electrons. The lowest BCUT2D eigenvalue weighted by atomic mass is 9.95. The number of amidine groups is 1. The molecular formula is C14H20N2O4. The second kappa shape index (κ2) is 6.81. The maximum absolute atomic E-state index is 9.83. The maximum atomic E-state index is 9.83. The van der Waals surface area contributed by atoms with Crippen LogP contribution >= 0.6 is 0 Å². The first-order valence-electron chi connectivity index (χ1n) is 6.63. The average Bonchev–Trinajstić information content (AvgIpc) is 2.48. The van der Waals surface area contributed by atoms with Crippen molar-refractivity contribution in [2.45, 2.75) is 30.8 Å². The number of aliphatic hydroxyl groups is 4. The smallest absolute Gasteiger partial charge is 0.139 e. The summed E-state index contributed by atoms with van der Waals surface area (Å²) in [6, 6.07) is 9.07. The SMILES string of the molecule is OC[C@H]1NC(=NCCc2ccccc2)[C@H](O)[C@@H](O)[C@@H]1O. The van der Waals surface area contributed by atoms with Crippen LogP contribution in [0.5, 0.6) is 0 Å². The van der Waals surface area contributed by atoms with E-state index in [1.165, 1.54) is 0 Å². The largest absolute Gasteiger partial charge is 0.394 e. The van der Waals surface area contributed by atoms with E-state index in [4.69, 9.17) is 5.11 Å². The zero-order valence-electron chi connectivity index (χ0n) is 11.1. The quantitative estimate of drug-likeness (QED) is 0.470. The second-order valence-corrected chi connectivity index (χ2v) is 4.86. The Morgan fingerprint density at radius 1 is 1.05 bits per heavy atom. The van der Waals surface area contributed by atoms with Crippen molar-refractivity contribution in [3.05, 3.63) is 35.9 Å². The summed E-state index contributed by atoms with van der Waals surface area (Å²) in [5.74, 6) is 0.206. The molecule has 0 saturated carbocycles. The predicted molar refractivity (Wildman–Crippen MR) is 74.5 cm³/mol. The van der Waals surface area contributed by atoms with Gasteiger partial charge in [0.2, 0.25) is 0 Å². The summed E-state index contributed by atoms with van der Waals surface area (Å²) in [6.45, 7) is 0.104. The van der Waals surface area contributed by atoms with Gasteiger partial charge in [-0.15, -0.1) is 0 Å². The number of nitrogens with one attached hydrogen (secondary N) is 1. The third-order valence-electron chi connectivity index (χ3n) is 3.42. The van der Waals surface area contributed by atoms with Crippen LogP contribution in [0, 0.1) is 0 Å². The number of piperidine rings is 1. The number of aliphatic imine (C=N–C) groups is 1. The Labute approximate surface area is 117 Å². The van der Waals surface area contributed by atoms with Gasteiger partial charge in [0.25, 0.3) is 0 Å². The van der Waals surface area contributed by atoms with Crippen molar-refractivity contribution in [3.8, 4) is 0 Å². The van der Waals surface area contributed by atoms with Gasteiger partial charge < -0.3 is 25.7 Å². The van der Waals surface area contributed by atoms with Gasteiger partial charge in [0.15, 0.2) is 0 Å². The molecule has 0 unspecified atom stereocenters. The summed E-state index contributed by atoms with van der Waals surface area (Å²) < 4.78 is 0. The van der Waals surface area contributed by atoms with Crippen molar-refractivity contribution in [2.75, 3.05) is 13.2 Å². The van der Waals surface area contributed by atoms with Crippen molar-refractivity contribution < 1.29 is 20.4 Å². The lowest BCUT2D eigenvalue weighted by molar-refractivity contribution is -0.0681. The van der Waals surface area contributed by atoms with Gasteiger partial charge in [-0.3, -0.25) is 4.99 Å².